The summed E-state index contributed by atoms with van der Waals surface area (Å²) in [5, 5.41) is 17.7. The van der Waals surface area contributed by atoms with Gasteiger partial charge in [-0.05, 0) is 45.4 Å². The molecule has 0 unspecified atom stereocenters. The number of nitrogens with one attached hydrogen (secondary N) is 1. The topological polar surface area (TPSA) is 90.1 Å². The Labute approximate surface area is 123 Å². The number of carbonyl (C=O) groups is 1. The number of hydrogen-bond acceptors (Lipinski definition) is 4. The predicted molar refractivity (Wildman–Crippen MR) is 77.8 cm³/mol. The quantitative estimate of drug-likeness (QED) is 0.681. The van der Waals surface area contributed by atoms with Crippen LogP contribution in [0.4, 0.5) is 5.69 Å². The molecule has 7 nitrogen and oxygen atoms in total. The Balaban J connectivity index is 2.03. The summed E-state index contributed by atoms with van der Waals surface area (Å²) in [5.41, 5.74) is -1.06. The highest BCUT2D eigenvalue weighted by Crippen LogP contribution is 2.25. The van der Waals surface area contributed by atoms with E-state index in [1.54, 1.807) is 13.8 Å². The minimum atomic E-state index is -0.947. The van der Waals surface area contributed by atoms with Gasteiger partial charge in [0.1, 0.15) is 17.9 Å². The van der Waals surface area contributed by atoms with Crippen LogP contribution in [0.1, 0.15) is 46.5 Å². The summed E-state index contributed by atoms with van der Waals surface area (Å²) < 4.78 is 1.35. The fraction of sp³-hybridized carbons (Fsp3) is 0.714. The molecule has 21 heavy (non-hydrogen) atoms. The third kappa shape index (κ3) is 3.40. The first-order chi connectivity index (χ1) is 9.80. The fourth-order valence-corrected chi connectivity index (χ4v) is 2.58. The Morgan fingerprint density at radius 1 is 1.43 bits per heavy atom. The first-order valence-electron chi connectivity index (χ1n) is 7.31. The molecule has 0 saturated heterocycles. The largest absolute Gasteiger partial charge is 0.351 e. The van der Waals surface area contributed by atoms with Crippen LogP contribution in [0.2, 0.25) is 0 Å². The summed E-state index contributed by atoms with van der Waals surface area (Å²) in [4.78, 5) is 22.6. The van der Waals surface area contributed by atoms with Gasteiger partial charge in [-0.1, -0.05) is 6.92 Å². The van der Waals surface area contributed by atoms with Gasteiger partial charge in [0.2, 0.25) is 5.91 Å². The lowest BCUT2D eigenvalue weighted by Crippen LogP contribution is -2.49. The monoisotopic (exact) mass is 294 g/mol. The van der Waals surface area contributed by atoms with Crippen molar-refractivity contribution < 1.29 is 9.72 Å². The highest BCUT2D eigenvalue weighted by atomic mass is 16.6. The minimum absolute atomic E-state index is 0.109. The Hall–Kier alpha value is -1.92. The van der Waals surface area contributed by atoms with Crippen LogP contribution in [0.15, 0.2) is 12.4 Å². The molecule has 0 aromatic carbocycles. The van der Waals surface area contributed by atoms with Crippen molar-refractivity contribution in [1.29, 1.82) is 0 Å². The van der Waals surface area contributed by atoms with Gasteiger partial charge in [0, 0.05) is 6.04 Å². The van der Waals surface area contributed by atoms with E-state index in [-0.39, 0.29) is 17.6 Å². The van der Waals surface area contributed by atoms with Crippen LogP contribution in [-0.2, 0) is 10.3 Å². The lowest BCUT2D eigenvalue weighted by molar-refractivity contribution is -0.385. The second kappa shape index (κ2) is 5.83. The van der Waals surface area contributed by atoms with Crippen LogP contribution in [0, 0.1) is 16.0 Å². The third-order valence-corrected chi connectivity index (χ3v) is 4.26. The average molecular weight is 294 g/mol. The zero-order valence-electron chi connectivity index (χ0n) is 12.7. The molecule has 116 valence electrons. The molecule has 0 spiro atoms. The SMILES string of the molecule is CC1CCC(NC(=O)C(C)(C)n2cc([N+](=O)[O-])cn2)CC1. The van der Waals surface area contributed by atoms with Crippen molar-refractivity contribution in [3.05, 3.63) is 22.5 Å². The zero-order valence-corrected chi connectivity index (χ0v) is 12.7. The Morgan fingerprint density at radius 3 is 2.57 bits per heavy atom. The number of rotatable bonds is 4. The standard InChI is InChI=1S/C14H22N4O3/c1-10-4-6-11(7-5-10)16-13(19)14(2,3)17-9-12(8-15-17)18(20)21/h8-11H,4-7H2,1-3H3,(H,16,19). The van der Waals surface area contributed by atoms with Crippen LogP contribution < -0.4 is 5.32 Å². The molecule has 0 atom stereocenters. The summed E-state index contributed by atoms with van der Waals surface area (Å²) in [5.74, 6) is 0.569. The van der Waals surface area contributed by atoms with Crippen molar-refractivity contribution >= 4 is 11.6 Å². The van der Waals surface area contributed by atoms with Gasteiger partial charge < -0.3 is 5.32 Å². The molecule has 1 heterocycles. The van der Waals surface area contributed by atoms with Gasteiger partial charge in [-0.3, -0.25) is 19.6 Å². The van der Waals surface area contributed by atoms with Crippen LogP contribution in [0.5, 0.6) is 0 Å². The maximum absolute atomic E-state index is 12.5. The number of nitro groups is 1. The molecule has 1 aromatic heterocycles. The summed E-state index contributed by atoms with van der Waals surface area (Å²) >= 11 is 0. The summed E-state index contributed by atoms with van der Waals surface area (Å²) in [7, 11) is 0. The molecule has 1 aliphatic carbocycles. The summed E-state index contributed by atoms with van der Waals surface area (Å²) in [6, 6.07) is 0.193. The highest BCUT2D eigenvalue weighted by Gasteiger charge is 2.33. The summed E-state index contributed by atoms with van der Waals surface area (Å²) in [6.07, 6.45) is 6.68. The molecule has 1 aromatic rings. The highest BCUT2D eigenvalue weighted by molar-refractivity contribution is 5.83. The number of carbonyl (C=O) groups excluding carboxylic acids is 1. The van der Waals surface area contributed by atoms with E-state index in [0.717, 1.165) is 37.8 Å². The van der Waals surface area contributed by atoms with E-state index in [9.17, 15) is 14.9 Å². The van der Waals surface area contributed by atoms with E-state index >= 15 is 0 Å². The van der Waals surface area contributed by atoms with E-state index in [0.29, 0.717) is 0 Å². The Morgan fingerprint density at radius 2 is 2.05 bits per heavy atom. The van der Waals surface area contributed by atoms with Gasteiger partial charge in [-0.2, -0.15) is 5.10 Å². The first-order valence-corrected chi connectivity index (χ1v) is 7.31. The Bertz CT molecular complexity index is 530. The van der Waals surface area contributed by atoms with E-state index < -0.39 is 10.5 Å². The van der Waals surface area contributed by atoms with Crippen molar-refractivity contribution in [3.8, 4) is 0 Å². The lowest BCUT2D eigenvalue weighted by Gasteiger charge is -2.31. The zero-order chi connectivity index (χ0) is 15.6. The fourth-order valence-electron chi connectivity index (χ4n) is 2.58. The van der Waals surface area contributed by atoms with Gasteiger partial charge in [0.15, 0.2) is 0 Å². The van der Waals surface area contributed by atoms with Gasteiger partial charge in [-0.25, -0.2) is 0 Å². The van der Waals surface area contributed by atoms with Crippen LogP contribution in [-0.4, -0.2) is 26.7 Å². The van der Waals surface area contributed by atoms with Gasteiger partial charge in [0.05, 0.1) is 4.92 Å². The maximum atomic E-state index is 12.5. The molecule has 1 fully saturated rings. The van der Waals surface area contributed by atoms with E-state index in [4.69, 9.17) is 0 Å². The van der Waals surface area contributed by atoms with E-state index in [1.807, 2.05) is 0 Å². The molecule has 0 radical (unpaired) electrons. The molecule has 1 saturated carbocycles. The smallest absolute Gasteiger partial charge is 0.307 e. The first kappa shape index (κ1) is 15.5. The van der Waals surface area contributed by atoms with Crippen molar-refractivity contribution in [2.24, 2.45) is 5.92 Å². The number of aromatic nitrogens is 2. The van der Waals surface area contributed by atoms with Gasteiger partial charge in [0.25, 0.3) is 0 Å². The van der Waals surface area contributed by atoms with E-state index in [2.05, 4.69) is 17.3 Å². The average Bonchev–Trinajstić information content (AvgIpc) is 2.91. The molecular weight excluding hydrogens is 272 g/mol. The molecule has 1 N–H and O–H groups in total. The van der Waals surface area contributed by atoms with Crippen molar-refractivity contribution in [1.82, 2.24) is 15.1 Å². The molecule has 0 aliphatic heterocycles. The molecule has 0 bridgehead atoms. The van der Waals surface area contributed by atoms with E-state index in [1.165, 1.54) is 10.9 Å². The minimum Gasteiger partial charge on any atom is -0.351 e. The molecule has 1 amide bonds. The van der Waals surface area contributed by atoms with Crippen LogP contribution in [0.3, 0.4) is 0 Å². The number of amides is 1. The normalized spacial score (nSPS) is 22.8. The Kier molecular flexibility index (Phi) is 4.29. The number of hydrogen-bond donors (Lipinski definition) is 1. The maximum Gasteiger partial charge on any atom is 0.307 e. The predicted octanol–water partition coefficient (Wildman–Crippen LogP) is 2.22. The van der Waals surface area contributed by atoms with Crippen molar-refractivity contribution in [3.63, 3.8) is 0 Å². The van der Waals surface area contributed by atoms with Crippen LogP contribution in [0.25, 0.3) is 0 Å². The second-order valence-corrected chi connectivity index (χ2v) is 6.39. The van der Waals surface area contributed by atoms with Gasteiger partial charge >= 0.3 is 5.69 Å². The van der Waals surface area contributed by atoms with Crippen molar-refractivity contribution in [2.75, 3.05) is 0 Å². The molecule has 1 aliphatic rings. The van der Waals surface area contributed by atoms with Crippen LogP contribution >= 0.6 is 0 Å². The van der Waals surface area contributed by atoms with Gasteiger partial charge in [-0.15, -0.1) is 0 Å². The molecule has 7 heteroatoms. The number of nitrogens with zero attached hydrogens (tertiary/aromatic N) is 3. The lowest BCUT2D eigenvalue weighted by atomic mass is 9.87. The second-order valence-electron chi connectivity index (χ2n) is 6.39. The molecular formula is C14H22N4O3. The van der Waals surface area contributed by atoms with Crippen molar-refractivity contribution in [2.45, 2.75) is 58.0 Å². The summed E-state index contributed by atoms with van der Waals surface area (Å²) in [6.45, 7) is 5.65. The third-order valence-electron chi connectivity index (χ3n) is 4.26. The molecule has 2 rings (SSSR count).